The summed E-state index contributed by atoms with van der Waals surface area (Å²) in [5.41, 5.74) is 15.6. The minimum absolute atomic E-state index is 0.0700. The normalized spacial score (nSPS) is 17.4. The lowest BCUT2D eigenvalue weighted by Gasteiger charge is -2.23. The number of nitrogens with one attached hydrogen (secondary N) is 1. The molecule has 0 spiro atoms. The van der Waals surface area contributed by atoms with Crippen LogP contribution in [0, 0.1) is 5.92 Å². The van der Waals surface area contributed by atoms with E-state index in [0.717, 1.165) is 95.8 Å². The lowest BCUT2D eigenvalue weighted by molar-refractivity contribution is 0.837. The first-order valence-corrected chi connectivity index (χ1v) is 18.8. The van der Waals surface area contributed by atoms with Crippen LogP contribution >= 0.6 is 0 Å². The third-order valence-corrected chi connectivity index (χ3v) is 10.7. The van der Waals surface area contributed by atoms with Crippen LogP contribution in [-0.4, -0.2) is 22.1 Å². The molecule has 4 heteroatoms. The highest BCUT2D eigenvalue weighted by molar-refractivity contribution is 6.34. The maximum Gasteiger partial charge on any atom is 0.0737 e. The molecule has 0 fully saturated rings. The summed E-state index contributed by atoms with van der Waals surface area (Å²) in [7, 11) is 0. The topological polar surface area (TPSA) is 52.9 Å². The van der Waals surface area contributed by atoms with Crippen LogP contribution in [0.2, 0.25) is 0 Å². The molecule has 1 atom stereocenters. The van der Waals surface area contributed by atoms with Crippen molar-refractivity contribution in [2.75, 3.05) is 0 Å². The summed E-state index contributed by atoms with van der Waals surface area (Å²) in [6.07, 6.45) is 11.5. The standard InChI is InChI=1S/C51H36N4/c1-6-16-34(17-7-1)32-39-40-33-52-51(39)50(38-24-14-5-15-25-38)46-31-30-45(55-46)49(37-22-12-4-13-23-37)44-29-28-43(54-44)48(36-20-10-3-11-21-36)42-27-26-41(53-42)47(40)35-18-8-2-9-19-35/h1-31,33,39,54H,32H2. The number of benzene rings is 5. The van der Waals surface area contributed by atoms with Crippen molar-refractivity contribution < 1.29 is 0 Å². The van der Waals surface area contributed by atoms with Gasteiger partial charge in [0.25, 0.3) is 0 Å². The Labute approximate surface area is 320 Å². The van der Waals surface area contributed by atoms with Gasteiger partial charge in [-0.05, 0) is 76.2 Å². The van der Waals surface area contributed by atoms with Gasteiger partial charge in [0.15, 0.2) is 0 Å². The number of allylic oxidation sites excluding steroid dienone is 7. The van der Waals surface area contributed by atoms with E-state index in [1.807, 2.05) is 0 Å². The number of aromatic nitrogens is 1. The molecule has 6 aromatic rings. The smallest absolute Gasteiger partial charge is 0.0737 e. The van der Waals surface area contributed by atoms with Gasteiger partial charge in [-0.15, -0.1) is 0 Å². The van der Waals surface area contributed by atoms with Crippen LogP contribution in [0.25, 0.3) is 22.3 Å². The molecule has 0 radical (unpaired) electrons. The van der Waals surface area contributed by atoms with Crippen molar-refractivity contribution in [2.24, 2.45) is 20.9 Å². The third kappa shape index (κ3) is 6.04. The van der Waals surface area contributed by atoms with Crippen LogP contribution < -0.4 is 10.7 Å². The van der Waals surface area contributed by atoms with Gasteiger partial charge in [0.1, 0.15) is 0 Å². The van der Waals surface area contributed by atoms with E-state index >= 15 is 0 Å². The predicted molar refractivity (Wildman–Crippen MR) is 227 cm³/mol. The van der Waals surface area contributed by atoms with Gasteiger partial charge in [-0.2, -0.15) is 0 Å². The zero-order chi connectivity index (χ0) is 36.6. The second kappa shape index (κ2) is 14.0. The van der Waals surface area contributed by atoms with Crippen molar-refractivity contribution in [1.29, 1.82) is 0 Å². The number of aromatic amines is 1. The summed E-state index contributed by atoms with van der Waals surface area (Å²) in [6.45, 7) is 0. The fourth-order valence-corrected chi connectivity index (χ4v) is 8.16. The quantitative estimate of drug-likeness (QED) is 0.180. The highest BCUT2D eigenvalue weighted by Gasteiger charge is 2.34. The highest BCUT2D eigenvalue weighted by Crippen LogP contribution is 2.43. The molecule has 1 N–H and O–H groups in total. The Balaban J connectivity index is 1.32. The summed E-state index contributed by atoms with van der Waals surface area (Å²) < 4.78 is 0. The fourth-order valence-electron chi connectivity index (χ4n) is 8.16. The van der Waals surface area contributed by atoms with Gasteiger partial charge in [0.05, 0.1) is 28.5 Å². The molecule has 4 aliphatic heterocycles. The first kappa shape index (κ1) is 32.5. The largest absolute Gasteiger partial charge is 0.354 e. The minimum Gasteiger partial charge on any atom is -0.354 e. The van der Waals surface area contributed by atoms with E-state index in [0.29, 0.717) is 0 Å². The lowest BCUT2D eigenvalue weighted by atomic mass is 9.79. The number of nitrogens with zero attached hydrogens (tertiary/aromatic N) is 3. The molecular weight excluding hydrogens is 669 g/mol. The molecule has 5 aromatic carbocycles. The molecule has 10 rings (SSSR count). The van der Waals surface area contributed by atoms with Gasteiger partial charge in [0.2, 0.25) is 0 Å². The van der Waals surface area contributed by atoms with Crippen LogP contribution in [0.5, 0.6) is 0 Å². The van der Waals surface area contributed by atoms with Gasteiger partial charge in [0, 0.05) is 45.1 Å². The summed E-state index contributed by atoms with van der Waals surface area (Å²) in [6, 6.07) is 57.5. The molecule has 0 amide bonds. The SMILES string of the molecule is C1=CC2=C(c3ccccc3)C3=CN=C(C(c4ccccc4)=C4C=CC(=N4)C(c4ccccc4)=c4ccc([nH]4)=C(c4ccccc4)C1=N2)C3Cc1ccccc1. The Kier molecular flexibility index (Phi) is 8.27. The molecule has 1 unspecified atom stereocenters. The average Bonchev–Trinajstić information content (AvgIpc) is 4.08. The zero-order valence-corrected chi connectivity index (χ0v) is 30.1. The number of aliphatic imine (C=N–C) groups is 3. The molecule has 4 nitrogen and oxygen atoms in total. The van der Waals surface area contributed by atoms with E-state index in [1.165, 1.54) is 5.56 Å². The van der Waals surface area contributed by atoms with E-state index < -0.39 is 0 Å². The van der Waals surface area contributed by atoms with E-state index in [9.17, 15) is 0 Å². The van der Waals surface area contributed by atoms with Gasteiger partial charge in [-0.1, -0.05) is 152 Å². The second-order valence-corrected chi connectivity index (χ2v) is 14.0. The highest BCUT2D eigenvalue weighted by atomic mass is 14.8. The third-order valence-electron chi connectivity index (χ3n) is 10.7. The molecule has 0 saturated heterocycles. The first-order chi connectivity index (χ1) is 27.3. The predicted octanol–water partition coefficient (Wildman–Crippen LogP) is 9.47. The lowest BCUT2D eigenvalue weighted by Crippen LogP contribution is -2.21. The number of H-pyrrole nitrogens is 1. The summed E-state index contributed by atoms with van der Waals surface area (Å²) in [5.74, 6) is -0.0700. The number of fused-ring (bicyclic) bond motifs is 6. The minimum atomic E-state index is -0.0700. The maximum absolute atomic E-state index is 5.50. The molecule has 260 valence electrons. The van der Waals surface area contributed by atoms with Crippen LogP contribution in [0.4, 0.5) is 0 Å². The molecule has 55 heavy (non-hydrogen) atoms. The molecule has 5 heterocycles. The fraction of sp³-hybridized carbons (Fsp3) is 0.0392. The first-order valence-electron chi connectivity index (χ1n) is 18.8. The Hall–Kier alpha value is -7.17. The number of rotatable bonds is 6. The van der Waals surface area contributed by atoms with Gasteiger partial charge >= 0.3 is 0 Å². The Morgan fingerprint density at radius 3 is 1.33 bits per heavy atom. The van der Waals surface area contributed by atoms with Gasteiger partial charge < -0.3 is 4.98 Å². The zero-order valence-electron chi connectivity index (χ0n) is 30.1. The van der Waals surface area contributed by atoms with E-state index in [1.54, 1.807) is 0 Å². The summed E-state index contributed by atoms with van der Waals surface area (Å²) >= 11 is 0. The molecule has 0 saturated carbocycles. The Bertz CT molecular complexity index is 2650. The second-order valence-electron chi connectivity index (χ2n) is 14.0. The van der Waals surface area contributed by atoms with Crippen molar-refractivity contribution in [1.82, 2.24) is 4.98 Å². The van der Waals surface area contributed by atoms with E-state index in [4.69, 9.17) is 15.0 Å². The summed E-state index contributed by atoms with van der Waals surface area (Å²) in [4.78, 5) is 20.2. The Morgan fingerprint density at radius 1 is 0.418 bits per heavy atom. The van der Waals surface area contributed by atoms with Crippen molar-refractivity contribution >= 4 is 39.4 Å². The van der Waals surface area contributed by atoms with Gasteiger partial charge in [-0.3, -0.25) is 4.99 Å². The molecule has 8 bridgehead atoms. The van der Waals surface area contributed by atoms with E-state index in [2.05, 4.69) is 199 Å². The van der Waals surface area contributed by atoms with Crippen LogP contribution in [0.15, 0.2) is 226 Å². The molecule has 0 aliphatic carbocycles. The van der Waals surface area contributed by atoms with Crippen LogP contribution in [0.3, 0.4) is 0 Å². The van der Waals surface area contributed by atoms with Crippen molar-refractivity contribution in [3.63, 3.8) is 0 Å². The monoisotopic (exact) mass is 704 g/mol. The number of hydrogen-bond acceptors (Lipinski definition) is 3. The molecule has 4 aliphatic rings. The van der Waals surface area contributed by atoms with Crippen LogP contribution in [-0.2, 0) is 6.42 Å². The van der Waals surface area contributed by atoms with Crippen molar-refractivity contribution in [3.8, 4) is 0 Å². The molecule has 1 aromatic heterocycles. The summed E-state index contributed by atoms with van der Waals surface area (Å²) in [5, 5.41) is 1.98. The molecular formula is C51H36N4. The van der Waals surface area contributed by atoms with Crippen LogP contribution in [0.1, 0.15) is 27.8 Å². The maximum atomic E-state index is 5.50. The van der Waals surface area contributed by atoms with Gasteiger partial charge in [-0.25, -0.2) is 9.98 Å². The van der Waals surface area contributed by atoms with Crippen molar-refractivity contribution in [3.05, 3.63) is 250 Å². The van der Waals surface area contributed by atoms with Crippen molar-refractivity contribution in [2.45, 2.75) is 6.42 Å². The average molecular weight is 705 g/mol. The Morgan fingerprint density at radius 2 is 0.836 bits per heavy atom. The van der Waals surface area contributed by atoms with E-state index in [-0.39, 0.29) is 5.92 Å². The number of hydrogen-bond donors (Lipinski definition) is 1.